The van der Waals surface area contributed by atoms with Crippen LogP contribution < -0.4 is 9.80 Å². The molecule has 10 rings (SSSR count). The minimum atomic E-state index is 1.06. The van der Waals surface area contributed by atoms with Crippen molar-refractivity contribution in [2.45, 2.75) is 0 Å². The highest BCUT2D eigenvalue weighted by Crippen LogP contribution is 2.47. The van der Waals surface area contributed by atoms with Gasteiger partial charge in [0.1, 0.15) is 0 Å². The van der Waals surface area contributed by atoms with E-state index in [0.717, 1.165) is 50.9 Å². The molecule has 0 unspecified atom stereocenters. The van der Waals surface area contributed by atoms with Crippen molar-refractivity contribution >= 4 is 66.7 Å². The number of rotatable bonds is 8. The van der Waals surface area contributed by atoms with Crippen molar-refractivity contribution in [3.05, 3.63) is 224 Å². The fourth-order valence-electron chi connectivity index (χ4n) is 8.12. The van der Waals surface area contributed by atoms with Crippen molar-refractivity contribution in [1.29, 1.82) is 0 Å². The lowest BCUT2D eigenvalue weighted by Gasteiger charge is -2.31. The maximum absolute atomic E-state index is 2.44. The molecule has 1 aromatic heterocycles. The first-order chi connectivity index (χ1) is 27.3. The summed E-state index contributed by atoms with van der Waals surface area (Å²) in [5, 5.41) is 4.86. The molecule has 0 aliphatic rings. The van der Waals surface area contributed by atoms with Crippen LogP contribution in [0.1, 0.15) is 0 Å². The second-order valence-corrected chi connectivity index (χ2v) is 13.8. The van der Waals surface area contributed by atoms with Gasteiger partial charge in [-0.15, -0.1) is 0 Å². The Bertz CT molecular complexity index is 2870. The lowest BCUT2D eigenvalue weighted by Crippen LogP contribution is -2.14. The number of para-hydroxylation sites is 6. The molecule has 3 nitrogen and oxygen atoms in total. The van der Waals surface area contributed by atoms with Gasteiger partial charge in [-0.25, -0.2) is 0 Å². The predicted molar refractivity (Wildman–Crippen MR) is 233 cm³/mol. The Kier molecular flexibility index (Phi) is 8.16. The third-order valence-corrected chi connectivity index (χ3v) is 10.5. The van der Waals surface area contributed by atoms with Crippen LogP contribution in [-0.4, -0.2) is 4.57 Å². The van der Waals surface area contributed by atoms with Crippen molar-refractivity contribution in [2.24, 2.45) is 0 Å². The van der Waals surface area contributed by atoms with Gasteiger partial charge in [0.25, 0.3) is 0 Å². The Morgan fingerprint density at radius 2 is 0.818 bits per heavy atom. The Balaban J connectivity index is 1.31. The largest absolute Gasteiger partial charge is 0.310 e. The van der Waals surface area contributed by atoms with Crippen molar-refractivity contribution < 1.29 is 0 Å². The van der Waals surface area contributed by atoms with Gasteiger partial charge in [0.2, 0.25) is 0 Å². The van der Waals surface area contributed by atoms with E-state index in [2.05, 4.69) is 239 Å². The summed E-state index contributed by atoms with van der Waals surface area (Å²) in [6.07, 6.45) is 0. The lowest BCUT2D eigenvalue weighted by atomic mass is 9.96. The summed E-state index contributed by atoms with van der Waals surface area (Å²) in [6.45, 7) is 0. The maximum atomic E-state index is 2.44. The molecule has 260 valence electrons. The second-order valence-electron chi connectivity index (χ2n) is 13.8. The Labute approximate surface area is 321 Å². The topological polar surface area (TPSA) is 11.4 Å². The number of aromatic nitrogens is 1. The van der Waals surface area contributed by atoms with Gasteiger partial charge in [-0.3, -0.25) is 0 Å². The van der Waals surface area contributed by atoms with Crippen molar-refractivity contribution in [1.82, 2.24) is 4.57 Å². The fraction of sp³-hybridized carbons (Fsp3) is 0. The molecule has 0 aliphatic carbocycles. The molecule has 0 saturated heterocycles. The minimum Gasteiger partial charge on any atom is -0.310 e. The normalized spacial score (nSPS) is 11.3. The highest BCUT2D eigenvalue weighted by atomic mass is 15.2. The number of nitrogens with zero attached hydrogens (tertiary/aromatic N) is 3. The average molecular weight is 704 g/mol. The molecule has 0 atom stereocenters. The molecule has 3 heteroatoms. The second kappa shape index (κ2) is 13.9. The molecular weight excluding hydrogens is 667 g/mol. The van der Waals surface area contributed by atoms with E-state index in [4.69, 9.17) is 0 Å². The van der Waals surface area contributed by atoms with Gasteiger partial charge in [0.05, 0.1) is 16.7 Å². The molecule has 10 aromatic rings. The third kappa shape index (κ3) is 5.80. The summed E-state index contributed by atoms with van der Waals surface area (Å²) < 4.78 is 2.42. The first-order valence-corrected chi connectivity index (χ1v) is 18.8. The maximum Gasteiger partial charge on any atom is 0.0782 e. The van der Waals surface area contributed by atoms with Gasteiger partial charge in [-0.2, -0.15) is 0 Å². The van der Waals surface area contributed by atoms with E-state index in [9.17, 15) is 0 Å². The lowest BCUT2D eigenvalue weighted by molar-refractivity contribution is 1.17. The first-order valence-electron chi connectivity index (χ1n) is 18.8. The number of hydrogen-bond acceptors (Lipinski definition) is 2. The highest BCUT2D eigenvalue weighted by Gasteiger charge is 2.24. The third-order valence-electron chi connectivity index (χ3n) is 10.5. The van der Waals surface area contributed by atoms with Crippen LogP contribution in [-0.2, 0) is 0 Å². The zero-order valence-electron chi connectivity index (χ0n) is 30.2. The number of hydrogen-bond donors (Lipinski definition) is 0. The molecule has 55 heavy (non-hydrogen) atoms. The van der Waals surface area contributed by atoms with E-state index in [1.165, 1.54) is 32.6 Å². The SMILES string of the molecule is c1ccc(N(c2ccccc2)c2cc(-c3cccc4ccccc34)cc(N(c3ccccc3)c3cccc4c5ccccc5n(-c5ccccc5)c34)c2)cc1. The van der Waals surface area contributed by atoms with E-state index in [-0.39, 0.29) is 0 Å². The predicted octanol–water partition coefficient (Wildman–Crippen LogP) is 14.5. The van der Waals surface area contributed by atoms with Crippen LogP contribution in [0.4, 0.5) is 34.1 Å². The Hall–Kier alpha value is -7.36. The standard InChI is InChI=1S/C52H37N3/c1-5-21-40(22-6-1)53(41-23-7-2-8-24-41)44-35-39(47-31-17-20-38-19-13-14-29-46(38)47)36-45(37-44)54(42-25-9-3-10-26-42)51-34-18-32-49-48-30-15-16-33-50(48)55(52(49)51)43-27-11-4-12-28-43/h1-37H. The molecule has 0 fully saturated rings. The molecule has 0 saturated carbocycles. The molecule has 0 amide bonds. The highest BCUT2D eigenvalue weighted by molar-refractivity contribution is 6.14. The molecule has 9 aromatic carbocycles. The van der Waals surface area contributed by atoms with Gasteiger partial charge in [0.15, 0.2) is 0 Å². The summed E-state index contributed by atoms with van der Waals surface area (Å²) in [7, 11) is 0. The van der Waals surface area contributed by atoms with Crippen LogP contribution in [0.25, 0.3) is 49.4 Å². The Morgan fingerprint density at radius 1 is 0.327 bits per heavy atom. The van der Waals surface area contributed by atoms with Crippen LogP contribution in [0.2, 0.25) is 0 Å². The summed E-state index contributed by atoms with van der Waals surface area (Å²) in [5.74, 6) is 0. The molecule has 1 heterocycles. The number of benzene rings is 9. The van der Waals surface area contributed by atoms with Gasteiger partial charge < -0.3 is 14.4 Å². The van der Waals surface area contributed by atoms with Crippen molar-refractivity contribution in [2.75, 3.05) is 9.80 Å². The van der Waals surface area contributed by atoms with Crippen LogP contribution in [0.5, 0.6) is 0 Å². The van der Waals surface area contributed by atoms with E-state index >= 15 is 0 Å². The van der Waals surface area contributed by atoms with Gasteiger partial charge in [-0.1, -0.05) is 146 Å². The van der Waals surface area contributed by atoms with Crippen molar-refractivity contribution in [3.8, 4) is 16.8 Å². The van der Waals surface area contributed by atoms with Crippen LogP contribution >= 0.6 is 0 Å². The van der Waals surface area contributed by atoms with E-state index in [0.29, 0.717) is 0 Å². The molecule has 0 aliphatic heterocycles. The summed E-state index contributed by atoms with van der Waals surface area (Å²) >= 11 is 0. The number of anilines is 6. The zero-order chi connectivity index (χ0) is 36.6. The number of fused-ring (bicyclic) bond motifs is 4. The summed E-state index contributed by atoms with van der Waals surface area (Å²) in [4.78, 5) is 4.80. The molecule has 0 N–H and O–H groups in total. The molecular formula is C52H37N3. The monoisotopic (exact) mass is 703 g/mol. The van der Waals surface area contributed by atoms with Gasteiger partial charge in [-0.05, 0) is 101 Å². The fourth-order valence-corrected chi connectivity index (χ4v) is 8.12. The van der Waals surface area contributed by atoms with Crippen LogP contribution in [0.15, 0.2) is 224 Å². The first kappa shape index (κ1) is 32.3. The minimum absolute atomic E-state index is 1.06. The van der Waals surface area contributed by atoms with Crippen LogP contribution in [0.3, 0.4) is 0 Å². The van der Waals surface area contributed by atoms with E-state index in [1.54, 1.807) is 0 Å². The summed E-state index contributed by atoms with van der Waals surface area (Å²) in [5.41, 5.74) is 12.2. The van der Waals surface area contributed by atoms with Gasteiger partial charge >= 0.3 is 0 Å². The van der Waals surface area contributed by atoms with Crippen LogP contribution in [0, 0.1) is 0 Å². The smallest absolute Gasteiger partial charge is 0.0782 e. The van der Waals surface area contributed by atoms with Gasteiger partial charge in [0, 0.05) is 44.9 Å². The quantitative estimate of drug-likeness (QED) is 0.156. The molecule has 0 bridgehead atoms. The molecule has 0 radical (unpaired) electrons. The summed E-state index contributed by atoms with van der Waals surface area (Å²) in [6, 6.07) is 80.7. The van der Waals surface area contributed by atoms with Crippen molar-refractivity contribution in [3.63, 3.8) is 0 Å². The zero-order valence-corrected chi connectivity index (χ0v) is 30.2. The molecule has 0 spiro atoms. The van der Waals surface area contributed by atoms with E-state index in [1.807, 2.05) is 0 Å². The Morgan fingerprint density at radius 3 is 1.49 bits per heavy atom. The average Bonchev–Trinajstić information content (AvgIpc) is 3.60. The van der Waals surface area contributed by atoms with E-state index < -0.39 is 0 Å².